The minimum atomic E-state index is 0.217. The molecule has 0 radical (unpaired) electrons. The molecule has 14 heavy (non-hydrogen) atoms. The SMILES string of the molecule is CCCC1CCCC(=CC(C)=O)CC1. The van der Waals surface area contributed by atoms with Crippen LogP contribution >= 0.6 is 0 Å². The molecule has 1 unspecified atom stereocenters. The Labute approximate surface area is 87.6 Å². The van der Waals surface area contributed by atoms with Crippen LogP contribution in [-0.4, -0.2) is 5.78 Å². The van der Waals surface area contributed by atoms with Gasteiger partial charge >= 0.3 is 0 Å². The molecule has 0 aromatic heterocycles. The first-order valence-electron chi connectivity index (χ1n) is 5.92. The third-order valence-corrected chi connectivity index (χ3v) is 3.09. The first-order chi connectivity index (χ1) is 6.72. The number of allylic oxidation sites excluding steroid dienone is 2. The maximum absolute atomic E-state index is 11.0. The highest BCUT2D eigenvalue weighted by atomic mass is 16.1. The second kappa shape index (κ2) is 6.00. The lowest BCUT2D eigenvalue weighted by atomic mass is 9.95. The summed E-state index contributed by atoms with van der Waals surface area (Å²) in [6.07, 6.45) is 10.8. The van der Waals surface area contributed by atoms with Gasteiger partial charge in [-0.05, 0) is 44.6 Å². The van der Waals surface area contributed by atoms with E-state index in [0.29, 0.717) is 0 Å². The molecule has 1 saturated carbocycles. The Morgan fingerprint density at radius 3 is 2.86 bits per heavy atom. The predicted octanol–water partition coefficient (Wildman–Crippen LogP) is 3.88. The summed E-state index contributed by atoms with van der Waals surface area (Å²) in [5.41, 5.74) is 1.39. The van der Waals surface area contributed by atoms with Crippen LogP contribution < -0.4 is 0 Å². The molecule has 0 aromatic rings. The Kier molecular flexibility index (Phi) is 4.92. The molecule has 1 rings (SSSR count). The standard InChI is InChI=1S/C13H22O/c1-3-5-12-6-4-7-13(9-8-12)10-11(2)14/h10,12H,3-9H2,1-2H3. The van der Waals surface area contributed by atoms with Crippen molar-refractivity contribution in [3.05, 3.63) is 11.6 Å². The topological polar surface area (TPSA) is 17.1 Å². The van der Waals surface area contributed by atoms with Gasteiger partial charge in [0.15, 0.2) is 5.78 Å². The smallest absolute Gasteiger partial charge is 0.152 e. The molecular formula is C13H22O. The van der Waals surface area contributed by atoms with Crippen molar-refractivity contribution in [2.45, 2.75) is 58.8 Å². The Hall–Kier alpha value is -0.590. The molecule has 0 bridgehead atoms. The first-order valence-corrected chi connectivity index (χ1v) is 5.92. The van der Waals surface area contributed by atoms with Crippen molar-refractivity contribution in [3.63, 3.8) is 0 Å². The quantitative estimate of drug-likeness (QED) is 0.492. The van der Waals surface area contributed by atoms with Crippen LogP contribution in [0.2, 0.25) is 0 Å². The van der Waals surface area contributed by atoms with Gasteiger partial charge in [0.1, 0.15) is 0 Å². The average molecular weight is 194 g/mol. The van der Waals surface area contributed by atoms with Crippen LogP contribution in [0.5, 0.6) is 0 Å². The van der Waals surface area contributed by atoms with Crippen LogP contribution in [0.25, 0.3) is 0 Å². The molecule has 0 heterocycles. The van der Waals surface area contributed by atoms with Crippen LogP contribution in [0.3, 0.4) is 0 Å². The maximum atomic E-state index is 11.0. The fourth-order valence-corrected chi connectivity index (χ4v) is 2.41. The third kappa shape index (κ3) is 4.08. The van der Waals surface area contributed by atoms with Gasteiger partial charge in [0.05, 0.1) is 0 Å². The summed E-state index contributed by atoms with van der Waals surface area (Å²) in [5.74, 6) is 1.13. The maximum Gasteiger partial charge on any atom is 0.152 e. The summed E-state index contributed by atoms with van der Waals surface area (Å²) in [5, 5.41) is 0. The van der Waals surface area contributed by atoms with Gasteiger partial charge in [0.2, 0.25) is 0 Å². The van der Waals surface area contributed by atoms with E-state index < -0.39 is 0 Å². The summed E-state index contributed by atoms with van der Waals surface area (Å²) < 4.78 is 0. The zero-order valence-electron chi connectivity index (χ0n) is 9.51. The molecule has 1 aliphatic rings. The van der Waals surface area contributed by atoms with Crippen LogP contribution in [0, 0.1) is 5.92 Å². The fourth-order valence-electron chi connectivity index (χ4n) is 2.41. The number of rotatable bonds is 3. The normalized spacial score (nSPS) is 26.1. The van der Waals surface area contributed by atoms with Gasteiger partial charge in [-0.2, -0.15) is 0 Å². The molecule has 1 aliphatic carbocycles. The minimum absolute atomic E-state index is 0.217. The zero-order valence-corrected chi connectivity index (χ0v) is 9.51. The van der Waals surface area contributed by atoms with Crippen molar-refractivity contribution >= 4 is 5.78 Å². The van der Waals surface area contributed by atoms with Gasteiger partial charge in [-0.25, -0.2) is 0 Å². The van der Waals surface area contributed by atoms with E-state index in [0.717, 1.165) is 18.8 Å². The van der Waals surface area contributed by atoms with Crippen LogP contribution in [0.4, 0.5) is 0 Å². The molecule has 0 saturated heterocycles. The molecule has 0 aliphatic heterocycles. The van der Waals surface area contributed by atoms with Gasteiger partial charge in [0.25, 0.3) is 0 Å². The third-order valence-electron chi connectivity index (χ3n) is 3.09. The second-order valence-electron chi connectivity index (χ2n) is 4.50. The Morgan fingerprint density at radius 1 is 1.43 bits per heavy atom. The highest BCUT2D eigenvalue weighted by Gasteiger charge is 2.13. The first kappa shape index (κ1) is 11.5. The predicted molar refractivity (Wildman–Crippen MR) is 60.2 cm³/mol. The van der Waals surface area contributed by atoms with E-state index in [9.17, 15) is 4.79 Å². The Balaban J connectivity index is 2.44. The zero-order chi connectivity index (χ0) is 10.4. The van der Waals surface area contributed by atoms with E-state index in [1.807, 2.05) is 6.08 Å². The molecular weight excluding hydrogens is 172 g/mol. The molecule has 80 valence electrons. The van der Waals surface area contributed by atoms with Crippen LogP contribution in [-0.2, 0) is 4.79 Å². The molecule has 1 atom stereocenters. The largest absolute Gasteiger partial charge is 0.295 e. The van der Waals surface area contributed by atoms with Crippen LogP contribution in [0.15, 0.2) is 11.6 Å². The van der Waals surface area contributed by atoms with E-state index in [-0.39, 0.29) is 5.78 Å². The van der Waals surface area contributed by atoms with E-state index in [1.54, 1.807) is 6.92 Å². The van der Waals surface area contributed by atoms with Crippen molar-refractivity contribution in [2.24, 2.45) is 5.92 Å². The summed E-state index contributed by atoms with van der Waals surface area (Å²) in [4.78, 5) is 11.0. The van der Waals surface area contributed by atoms with E-state index in [1.165, 1.54) is 37.7 Å². The lowest BCUT2D eigenvalue weighted by molar-refractivity contribution is -0.112. The van der Waals surface area contributed by atoms with Crippen molar-refractivity contribution in [1.82, 2.24) is 0 Å². The monoisotopic (exact) mass is 194 g/mol. The fraction of sp³-hybridized carbons (Fsp3) is 0.769. The molecule has 0 aromatic carbocycles. The second-order valence-corrected chi connectivity index (χ2v) is 4.50. The Morgan fingerprint density at radius 2 is 2.21 bits per heavy atom. The van der Waals surface area contributed by atoms with Crippen molar-refractivity contribution < 1.29 is 4.79 Å². The summed E-state index contributed by atoms with van der Waals surface area (Å²) >= 11 is 0. The van der Waals surface area contributed by atoms with Gasteiger partial charge in [-0.1, -0.05) is 31.8 Å². The van der Waals surface area contributed by atoms with Crippen LogP contribution in [0.1, 0.15) is 58.8 Å². The highest BCUT2D eigenvalue weighted by molar-refractivity contribution is 5.87. The number of ketones is 1. The van der Waals surface area contributed by atoms with E-state index >= 15 is 0 Å². The average Bonchev–Trinajstić information content (AvgIpc) is 2.31. The van der Waals surface area contributed by atoms with Crippen molar-refractivity contribution in [3.8, 4) is 0 Å². The summed E-state index contributed by atoms with van der Waals surface area (Å²) in [6.45, 7) is 3.92. The molecule has 1 nitrogen and oxygen atoms in total. The molecule has 0 amide bonds. The highest BCUT2D eigenvalue weighted by Crippen LogP contribution is 2.29. The van der Waals surface area contributed by atoms with Gasteiger partial charge in [0, 0.05) is 0 Å². The van der Waals surface area contributed by atoms with Gasteiger partial charge < -0.3 is 0 Å². The summed E-state index contributed by atoms with van der Waals surface area (Å²) in [6, 6.07) is 0. The van der Waals surface area contributed by atoms with E-state index in [2.05, 4.69) is 6.92 Å². The van der Waals surface area contributed by atoms with Crippen molar-refractivity contribution in [1.29, 1.82) is 0 Å². The number of carbonyl (C=O) groups is 1. The lowest BCUT2D eigenvalue weighted by Crippen LogP contribution is -1.97. The number of carbonyl (C=O) groups excluding carboxylic acids is 1. The van der Waals surface area contributed by atoms with E-state index in [4.69, 9.17) is 0 Å². The minimum Gasteiger partial charge on any atom is -0.295 e. The molecule has 1 heteroatoms. The Bertz CT molecular complexity index is 215. The lowest BCUT2D eigenvalue weighted by Gasteiger charge is -2.11. The van der Waals surface area contributed by atoms with Crippen molar-refractivity contribution in [2.75, 3.05) is 0 Å². The number of hydrogen-bond acceptors (Lipinski definition) is 1. The van der Waals surface area contributed by atoms with Gasteiger partial charge in [-0.15, -0.1) is 0 Å². The molecule has 0 spiro atoms. The van der Waals surface area contributed by atoms with Gasteiger partial charge in [-0.3, -0.25) is 4.79 Å². The molecule has 1 fully saturated rings. The summed E-state index contributed by atoms with van der Waals surface area (Å²) in [7, 11) is 0. The molecule has 0 N–H and O–H groups in total. The number of hydrogen-bond donors (Lipinski definition) is 0.